The number of amides is 1. The molecule has 0 radical (unpaired) electrons. The lowest BCUT2D eigenvalue weighted by Crippen LogP contribution is -2.40. The number of nitro benzene ring substituents is 1. The summed E-state index contributed by atoms with van der Waals surface area (Å²) in [7, 11) is -3.28. The molecule has 0 saturated carbocycles. The molecular weight excluding hydrogens is 366 g/mol. The minimum atomic E-state index is -3.28. The summed E-state index contributed by atoms with van der Waals surface area (Å²) >= 11 is 0. The van der Waals surface area contributed by atoms with Crippen LogP contribution in [0.25, 0.3) is 0 Å². The molecule has 0 bridgehead atoms. The fourth-order valence-electron chi connectivity index (χ4n) is 2.60. The first-order valence-corrected chi connectivity index (χ1v) is 9.68. The monoisotopic (exact) mass is 385 g/mol. The highest BCUT2D eigenvalue weighted by Crippen LogP contribution is 2.23. The van der Waals surface area contributed by atoms with E-state index in [1.807, 2.05) is 0 Å². The van der Waals surface area contributed by atoms with Crippen molar-refractivity contribution in [2.75, 3.05) is 31.3 Å². The fourth-order valence-corrected chi connectivity index (χ4v) is 3.48. The molecule has 1 amide bonds. The predicted octanol–water partition coefficient (Wildman–Crippen LogP) is 0.748. The number of piperidine rings is 1. The number of nitrogens with one attached hydrogen (secondary N) is 1. The molecule has 0 unspecified atom stereocenters. The van der Waals surface area contributed by atoms with Crippen LogP contribution < -0.4 is 5.32 Å². The molecule has 1 fully saturated rings. The van der Waals surface area contributed by atoms with Gasteiger partial charge in [-0.05, 0) is 18.9 Å². The van der Waals surface area contributed by atoms with Gasteiger partial charge in [0.1, 0.15) is 5.69 Å². The Morgan fingerprint density at radius 3 is 2.50 bits per heavy atom. The zero-order chi connectivity index (χ0) is 19.3. The van der Waals surface area contributed by atoms with Crippen LogP contribution in [0, 0.1) is 16.0 Å². The highest BCUT2D eigenvalue weighted by atomic mass is 32.2. The Labute approximate surface area is 150 Å². The number of anilines is 1. The molecule has 2 rings (SSSR count). The normalized spacial score (nSPS) is 16.0. The zero-order valence-corrected chi connectivity index (χ0v) is 14.9. The van der Waals surface area contributed by atoms with Crippen molar-refractivity contribution in [3.05, 3.63) is 34.4 Å². The van der Waals surface area contributed by atoms with Crippen LogP contribution in [0.4, 0.5) is 11.4 Å². The third kappa shape index (κ3) is 5.23. The van der Waals surface area contributed by atoms with Crippen molar-refractivity contribution in [3.8, 4) is 0 Å². The van der Waals surface area contributed by atoms with Crippen molar-refractivity contribution < 1.29 is 27.7 Å². The van der Waals surface area contributed by atoms with E-state index in [1.54, 1.807) is 0 Å². The van der Waals surface area contributed by atoms with E-state index in [-0.39, 0.29) is 24.5 Å². The number of hydrogen-bond acceptors (Lipinski definition) is 7. The van der Waals surface area contributed by atoms with E-state index in [0.717, 1.165) is 6.26 Å². The summed E-state index contributed by atoms with van der Waals surface area (Å²) in [5, 5.41) is 13.2. The summed E-state index contributed by atoms with van der Waals surface area (Å²) in [5.74, 6) is -1.76. The van der Waals surface area contributed by atoms with Gasteiger partial charge in [0.15, 0.2) is 6.61 Å². The van der Waals surface area contributed by atoms with Gasteiger partial charge in [0.05, 0.1) is 17.1 Å². The third-order valence-electron chi connectivity index (χ3n) is 3.98. The number of ether oxygens (including phenoxy) is 1. The highest BCUT2D eigenvalue weighted by molar-refractivity contribution is 7.88. The maximum absolute atomic E-state index is 12.0. The third-order valence-corrected chi connectivity index (χ3v) is 5.28. The van der Waals surface area contributed by atoms with Gasteiger partial charge in [0, 0.05) is 19.2 Å². The van der Waals surface area contributed by atoms with Crippen molar-refractivity contribution in [1.82, 2.24) is 4.31 Å². The summed E-state index contributed by atoms with van der Waals surface area (Å²) in [6.07, 6.45) is 1.74. The van der Waals surface area contributed by atoms with Crippen LogP contribution in [0.15, 0.2) is 24.3 Å². The van der Waals surface area contributed by atoms with Crippen molar-refractivity contribution in [3.63, 3.8) is 0 Å². The van der Waals surface area contributed by atoms with Gasteiger partial charge in [-0.15, -0.1) is 0 Å². The Kier molecular flexibility index (Phi) is 6.27. The van der Waals surface area contributed by atoms with Crippen LogP contribution in [0.3, 0.4) is 0 Å². The Balaban J connectivity index is 1.83. The average Bonchev–Trinajstić information content (AvgIpc) is 2.59. The molecule has 1 aliphatic heterocycles. The molecule has 0 atom stereocenters. The van der Waals surface area contributed by atoms with Gasteiger partial charge < -0.3 is 10.1 Å². The number of carbonyl (C=O) groups excluding carboxylic acids is 2. The van der Waals surface area contributed by atoms with Crippen molar-refractivity contribution in [2.24, 2.45) is 5.92 Å². The molecule has 0 spiro atoms. The van der Waals surface area contributed by atoms with Crippen LogP contribution >= 0.6 is 0 Å². The molecule has 1 saturated heterocycles. The molecule has 26 heavy (non-hydrogen) atoms. The summed E-state index contributed by atoms with van der Waals surface area (Å²) in [5.41, 5.74) is -0.250. The maximum atomic E-state index is 12.0. The predicted molar refractivity (Wildman–Crippen MR) is 91.8 cm³/mol. The van der Waals surface area contributed by atoms with E-state index in [9.17, 15) is 28.1 Å². The molecule has 0 aliphatic carbocycles. The zero-order valence-electron chi connectivity index (χ0n) is 14.1. The van der Waals surface area contributed by atoms with Gasteiger partial charge in [0.25, 0.3) is 11.6 Å². The van der Waals surface area contributed by atoms with E-state index in [1.165, 1.54) is 28.6 Å². The molecule has 142 valence electrons. The van der Waals surface area contributed by atoms with Crippen LogP contribution in [-0.2, 0) is 24.3 Å². The number of nitro groups is 1. The topological polar surface area (TPSA) is 136 Å². The second kappa shape index (κ2) is 8.23. The lowest BCUT2D eigenvalue weighted by Gasteiger charge is -2.28. The van der Waals surface area contributed by atoms with E-state index in [4.69, 9.17) is 4.74 Å². The quantitative estimate of drug-likeness (QED) is 0.433. The molecule has 1 heterocycles. The molecule has 1 aromatic rings. The van der Waals surface area contributed by atoms with Gasteiger partial charge in [-0.2, -0.15) is 0 Å². The van der Waals surface area contributed by atoms with Crippen LogP contribution in [-0.4, -0.2) is 55.5 Å². The Bertz CT molecular complexity index is 801. The number of para-hydroxylation sites is 2. The number of sulfonamides is 1. The Morgan fingerprint density at radius 2 is 1.92 bits per heavy atom. The molecular formula is C15H19N3O7S. The van der Waals surface area contributed by atoms with Crippen LogP contribution in [0.5, 0.6) is 0 Å². The van der Waals surface area contributed by atoms with Gasteiger partial charge in [-0.1, -0.05) is 12.1 Å². The highest BCUT2D eigenvalue weighted by Gasteiger charge is 2.30. The Morgan fingerprint density at radius 1 is 1.31 bits per heavy atom. The maximum Gasteiger partial charge on any atom is 0.309 e. The van der Waals surface area contributed by atoms with Crippen LogP contribution in [0.1, 0.15) is 12.8 Å². The summed E-state index contributed by atoms with van der Waals surface area (Å²) in [6.45, 7) is -0.126. The standard InChI is InChI=1S/C15H19N3O7S/c1-26(23,24)17-8-6-11(7-9-17)15(20)25-10-14(19)16-12-4-2-3-5-13(12)18(21)22/h2-5,11H,6-10H2,1H3,(H,16,19). The molecule has 10 nitrogen and oxygen atoms in total. The number of benzene rings is 1. The minimum absolute atomic E-state index is 0.0139. The molecule has 1 aliphatic rings. The van der Waals surface area contributed by atoms with Gasteiger partial charge in [0.2, 0.25) is 10.0 Å². The number of nitrogens with zero attached hydrogens (tertiary/aromatic N) is 2. The van der Waals surface area contributed by atoms with Crippen molar-refractivity contribution in [2.45, 2.75) is 12.8 Å². The summed E-state index contributed by atoms with van der Waals surface area (Å²) in [6, 6.07) is 5.62. The first-order valence-electron chi connectivity index (χ1n) is 7.83. The second-order valence-electron chi connectivity index (χ2n) is 5.87. The number of rotatable bonds is 6. The summed E-state index contributed by atoms with van der Waals surface area (Å²) in [4.78, 5) is 34.1. The summed E-state index contributed by atoms with van der Waals surface area (Å²) < 4.78 is 29.1. The number of hydrogen-bond donors (Lipinski definition) is 1. The first kappa shape index (κ1) is 19.8. The molecule has 11 heteroatoms. The fraction of sp³-hybridized carbons (Fsp3) is 0.467. The van der Waals surface area contributed by atoms with Crippen molar-refractivity contribution in [1.29, 1.82) is 0 Å². The minimum Gasteiger partial charge on any atom is -0.455 e. The lowest BCUT2D eigenvalue weighted by atomic mass is 9.98. The van der Waals surface area contributed by atoms with E-state index in [2.05, 4.69) is 5.32 Å². The van der Waals surface area contributed by atoms with Gasteiger partial charge in [-0.25, -0.2) is 12.7 Å². The largest absolute Gasteiger partial charge is 0.455 e. The smallest absolute Gasteiger partial charge is 0.309 e. The number of carbonyl (C=O) groups is 2. The molecule has 1 aromatic carbocycles. The second-order valence-corrected chi connectivity index (χ2v) is 7.85. The Hall–Kier alpha value is -2.53. The average molecular weight is 385 g/mol. The number of esters is 1. The van der Waals surface area contributed by atoms with E-state index >= 15 is 0 Å². The molecule has 1 N–H and O–H groups in total. The SMILES string of the molecule is CS(=O)(=O)N1CCC(C(=O)OCC(=O)Nc2ccccc2[N+](=O)[O-])CC1. The van der Waals surface area contributed by atoms with Crippen molar-refractivity contribution >= 4 is 33.3 Å². The first-order chi connectivity index (χ1) is 12.2. The van der Waals surface area contributed by atoms with Crippen LogP contribution in [0.2, 0.25) is 0 Å². The van der Waals surface area contributed by atoms with E-state index in [0.29, 0.717) is 12.8 Å². The van der Waals surface area contributed by atoms with E-state index < -0.39 is 39.3 Å². The lowest BCUT2D eigenvalue weighted by molar-refractivity contribution is -0.383. The molecule has 0 aromatic heterocycles. The van der Waals surface area contributed by atoms with Gasteiger partial charge in [-0.3, -0.25) is 19.7 Å². The van der Waals surface area contributed by atoms with Gasteiger partial charge >= 0.3 is 5.97 Å².